The number of carbonyl (C=O) groups is 4. The minimum Gasteiger partial charge on any atom is -0.493 e. The molecule has 0 saturated carbocycles. The van der Waals surface area contributed by atoms with Crippen LogP contribution in [0.1, 0.15) is 59.4 Å². The maximum Gasteiger partial charge on any atom is 0.306 e. The average Bonchev–Trinajstić information content (AvgIpc) is 3.64. The number of ether oxygens (including phenoxy) is 4. The van der Waals surface area contributed by atoms with Gasteiger partial charge in [0.1, 0.15) is 0 Å². The van der Waals surface area contributed by atoms with E-state index in [-0.39, 0.29) is 69.4 Å². The summed E-state index contributed by atoms with van der Waals surface area (Å²) < 4.78 is 54.3. The lowest BCUT2D eigenvalue weighted by Crippen LogP contribution is -2.17. The van der Waals surface area contributed by atoms with Gasteiger partial charge in [-0.1, -0.05) is 13.8 Å². The van der Waals surface area contributed by atoms with Crippen molar-refractivity contribution >= 4 is 66.4 Å². The molecular weight excluding hydrogens is 646 g/mol. The van der Waals surface area contributed by atoms with Gasteiger partial charge in [0.25, 0.3) is 0 Å². The molecular formula is C32H32F2O10S2. The van der Waals surface area contributed by atoms with Crippen molar-refractivity contribution in [1.82, 2.24) is 0 Å². The van der Waals surface area contributed by atoms with Crippen LogP contribution in [0.3, 0.4) is 0 Å². The fourth-order valence-corrected chi connectivity index (χ4v) is 6.61. The van der Waals surface area contributed by atoms with E-state index in [1.807, 2.05) is 0 Å². The molecule has 4 aromatic rings. The molecule has 0 aliphatic carbocycles. The first-order valence-electron chi connectivity index (χ1n) is 14.2. The molecule has 2 aromatic heterocycles. The van der Waals surface area contributed by atoms with Crippen LogP contribution in [0.25, 0.3) is 20.2 Å². The van der Waals surface area contributed by atoms with Crippen LogP contribution in [-0.4, -0.2) is 60.6 Å². The van der Waals surface area contributed by atoms with E-state index in [2.05, 4.69) is 0 Å². The van der Waals surface area contributed by atoms with Crippen molar-refractivity contribution in [3.8, 4) is 23.0 Å². The van der Waals surface area contributed by atoms with Crippen molar-refractivity contribution in [2.24, 2.45) is 11.8 Å². The van der Waals surface area contributed by atoms with Gasteiger partial charge in [0.15, 0.2) is 46.2 Å². The number of methoxy groups -OCH3 is 2. The zero-order valence-corrected chi connectivity index (χ0v) is 27.2. The fourth-order valence-electron chi connectivity index (χ4n) is 4.54. The normalized spacial score (nSPS) is 13.3. The number of benzene rings is 2. The van der Waals surface area contributed by atoms with Gasteiger partial charge in [0, 0.05) is 51.6 Å². The van der Waals surface area contributed by atoms with E-state index in [0.717, 1.165) is 22.7 Å². The highest BCUT2D eigenvalue weighted by Gasteiger charge is 2.25. The van der Waals surface area contributed by atoms with Gasteiger partial charge < -0.3 is 29.2 Å². The summed E-state index contributed by atoms with van der Waals surface area (Å²) in [4.78, 5) is 47.9. The molecule has 246 valence electrons. The standard InChI is InChI=1S/C32H32F2O10S2/c1-14(31(37)38)8-19(35)25-10-17-23(45-25)12-21(41-4)29(27(17)33)43-7-6-16(3)44-30-22(42-5)13-24-18(28(30)34)11-26(46-24)20(36)9-15(2)32(39)40/h10-16H,6-9H2,1-5H3,(H,37,38)(H,39,40). The van der Waals surface area contributed by atoms with Crippen LogP contribution in [0.2, 0.25) is 0 Å². The van der Waals surface area contributed by atoms with E-state index in [4.69, 9.17) is 29.2 Å². The number of thiophene rings is 2. The van der Waals surface area contributed by atoms with Gasteiger partial charge in [0.2, 0.25) is 0 Å². The highest BCUT2D eigenvalue weighted by molar-refractivity contribution is 7.21. The highest BCUT2D eigenvalue weighted by Crippen LogP contribution is 2.42. The van der Waals surface area contributed by atoms with Gasteiger partial charge in [-0.05, 0) is 19.1 Å². The first kappa shape index (κ1) is 34.6. The number of rotatable bonds is 16. The molecule has 3 atom stereocenters. The lowest BCUT2D eigenvalue weighted by atomic mass is 10.0. The Labute approximate surface area is 270 Å². The van der Waals surface area contributed by atoms with Gasteiger partial charge in [-0.3, -0.25) is 19.2 Å². The van der Waals surface area contributed by atoms with Crippen molar-refractivity contribution in [2.45, 2.75) is 46.1 Å². The van der Waals surface area contributed by atoms with E-state index < -0.39 is 53.1 Å². The number of carboxylic acids is 2. The topological polar surface area (TPSA) is 146 Å². The summed E-state index contributed by atoms with van der Waals surface area (Å²) in [7, 11) is 2.69. The van der Waals surface area contributed by atoms with E-state index in [9.17, 15) is 19.2 Å². The Morgan fingerprint density at radius 3 is 1.61 bits per heavy atom. The number of halogens is 2. The third-order valence-corrected chi connectivity index (χ3v) is 9.52. The molecule has 14 heteroatoms. The zero-order chi connectivity index (χ0) is 33.9. The van der Waals surface area contributed by atoms with Crippen LogP contribution in [0.5, 0.6) is 23.0 Å². The number of carboxylic acid groups (broad SMARTS) is 2. The Kier molecular flexibility index (Phi) is 10.8. The molecule has 4 rings (SSSR count). The molecule has 0 amide bonds. The van der Waals surface area contributed by atoms with Gasteiger partial charge in [-0.15, -0.1) is 22.7 Å². The predicted molar refractivity (Wildman–Crippen MR) is 168 cm³/mol. The molecule has 0 saturated heterocycles. The third-order valence-electron chi connectivity index (χ3n) is 7.27. The molecule has 0 spiro atoms. The van der Waals surface area contributed by atoms with Crippen molar-refractivity contribution in [3.63, 3.8) is 0 Å². The van der Waals surface area contributed by atoms with Crippen LogP contribution in [0, 0.1) is 23.5 Å². The summed E-state index contributed by atoms with van der Waals surface area (Å²) in [5.41, 5.74) is 0. The molecule has 0 aliphatic rings. The second kappa shape index (κ2) is 14.4. The number of fused-ring (bicyclic) bond motifs is 2. The van der Waals surface area contributed by atoms with Crippen LogP contribution >= 0.6 is 22.7 Å². The molecule has 0 aliphatic heterocycles. The fraction of sp³-hybridized carbons (Fsp3) is 0.375. The zero-order valence-electron chi connectivity index (χ0n) is 25.6. The first-order valence-corrected chi connectivity index (χ1v) is 15.8. The third kappa shape index (κ3) is 7.39. The van der Waals surface area contributed by atoms with E-state index in [0.29, 0.717) is 9.40 Å². The van der Waals surface area contributed by atoms with Crippen molar-refractivity contribution in [3.05, 3.63) is 45.7 Å². The first-order chi connectivity index (χ1) is 21.7. The van der Waals surface area contributed by atoms with Crippen molar-refractivity contribution in [1.29, 1.82) is 0 Å². The molecule has 0 fully saturated rings. The molecule has 2 aromatic carbocycles. The van der Waals surface area contributed by atoms with Crippen LogP contribution in [0.15, 0.2) is 24.3 Å². The summed E-state index contributed by atoms with van der Waals surface area (Å²) in [6.07, 6.45) is -0.908. The second-order valence-electron chi connectivity index (χ2n) is 10.8. The van der Waals surface area contributed by atoms with Crippen LogP contribution < -0.4 is 18.9 Å². The summed E-state index contributed by atoms with van der Waals surface area (Å²) in [6, 6.07) is 5.81. The average molecular weight is 679 g/mol. The van der Waals surface area contributed by atoms with Gasteiger partial charge in [-0.2, -0.15) is 0 Å². The predicted octanol–water partition coefficient (Wildman–Crippen LogP) is 7.23. The largest absolute Gasteiger partial charge is 0.493 e. The molecule has 46 heavy (non-hydrogen) atoms. The lowest BCUT2D eigenvalue weighted by Gasteiger charge is -2.19. The number of Topliss-reactive ketones (excluding diaryl/α,β-unsaturated/α-hetero) is 2. The molecule has 3 unspecified atom stereocenters. The van der Waals surface area contributed by atoms with E-state index >= 15 is 8.78 Å². The Morgan fingerprint density at radius 1 is 0.739 bits per heavy atom. The Hall–Kier alpha value is -4.30. The van der Waals surface area contributed by atoms with Gasteiger partial charge >= 0.3 is 11.9 Å². The number of carbonyl (C=O) groups excluding carboxylic acids is 2. The maximum absolute atomic E-state index is 15.6. The van der Waals surface area contributed by atoms with Crippen LogP contribution in [-0.2, 0) is 9.59 Å². The maximum atomic E-state index is 15.6. The molecule has 2 heterocycles. The van der Waals surface area contributed by atoms with Crippen molar-refractivity contribution < 1.29 is 57.1 Å². The summed E-state index contributed by atoms with van der Waals surface area (Å²) in [5.74, 6) is -6.49. The molecule has 2 N–H and O–H groups in total. The Morgan fingerprint density at radius 2 is 1.17 bits per heavy atom. The smallest absolute Gasteiger partial charge is 0.306 e. The summed E-state index contributed by atoms with van der Waals surface area (Å²) in [5, 5.41) is 18.5. The number of ketones is 2. The minimum atomic E-state index is -1.10. The number of hydrogen-bond acceptors (Lipinski definition) is 10. The van der Waals surface area contributed by atoms with E-state index in [1.54, 1.807) is 6.92 Å². The summed E-state index contributed by atoms with van der Waals surface area (Å²) >= 11 is 2.05. The molecule has 0 radical (unpaired) electrons. The Bertz CT molecular complexity index is 1810. The van der Waals surface area contributed by atoms with Gasteiger partial charge in [0.05, 0.1) is 48.5 Å². The molecule has 0 bridgehead atoms. The van der Waals surface area contributed by atoms with Gasteiger partial charge in [-0.25, -0.2) is 8.78 Å². The number of hydrogen-bond donors (Lipinski definition) is 2. The van der Waals surface area contributed by atoms with E-state index in [1.165, 1.54) is 52.3 Å². The van der Waals surface area contributed by atoms with Crippen molar-refractivity contribution in [2.75, 3.05) is 20.8 Å². The number of aliphatic carboxylic acids is 2. The van der Waals surface area contributed by atoms with Crippen LogP contribution in [0.4, 0.5) is 8.78 Å². The molecule has 10 nitrogen and oxygen atoms in total. The highest BCUT2D eigenvalue weighted by atomic mass is 32.1. The Balaban J connectivity index is 1.48. The SMILES string of the molecule is COc1cc2sc(C(=O)CC(C)C(=O)O)cc2c(F)c1OCCC(C)Oc1c(OC)cc2sc(C(=O)CC(C)C(=O)O)cc2c1F. The minimum absolute atomic E-state index is 0.0585. The quantitative estimate of drug-likeness (QED) is 0.116. The second-order valence-corrected chi connectivity index (χ2v) is 13.0. The lowest BCUT2D eigenvalue weighted by molar-refractivity contribution is -0.141. The summed E-state index contributed by atoms with van der Waals surface area (Å²) in [6.45, 7) is 4.44. The monoisotopic (exact) mass is 678 g/mol.